The zero-order chi connectivity index (χ0) is 55.3. The van der Waals surface area contributed by atoms with Crippen molar-refractivity contribution in [2.45, 2.75) is 113 Å². The molecule has 0 saturated carbocycles. The van der Waals surface area contributed by atoms with Crippen LogP contribution in [-0.2, 0) is 59.2 Å². The standard InChI is InChI=1S/C55H70N10O10S2/c1-33(67)48-55(75)64-46(53(73)59-38(30-66)22-19-34-20-23-39(68)24-21-34)31-76-77-32-47(63-49(69)41(57)26-35-12-4-2-5-13-35)54(74)61-44(27-36-14-6-3-7-15-36)51(71)62-45(28-37-29-58-42-17-9-8-16-40(37)42)52(72)60-43(50(70)65-48)18-10-11-25-56/h2-9,12-17,20-21,23-24,29,33,38,41,43-48,58,66-68H,10-11,18-19,22,25-28,30-32,56-57H2,1H3,(H,59,73)(H,60,72)(H,61,74)(H,62,71)(H,63,69)(H,64,75)(H,65,70)/t33-,38+,41-,43+,44+,45?,46?,47?,48+/m1/s1. The molecule has 0 bridgehead atoms. The molecule has 0 radical (unpaired) electrons. The Balaban J connectivity index is 1.36. The number of aromatic hydroxyl groups is 1. The predicted octanol–water partition coefficient (Wildman–Crippen LogP) is 1.15. The number of phenols is 1. The molecule has 6 rings (SSSR count). The van der Waals surface area contributed by atoms with Crippen LogP contribution in [0, 0.1) is 0 Å². The van der Waals surface area contributed by atoms with Gasteiger partial charge in [-0.2, -0.15) is 0 Å². The first-order valence-corrected chi connectivity index (χ1v) is 28.1. The molecular formula is C55H70N10O10S2. The van der Waals surface area contributed by atoms with Crippen molar-refractivity contribution in [3.05, 3.63) is 138 Å². The van der Waals surface area contributed by atoms with Crippen LogP contribution in [0.5, 0.6) is 5.75 Å². The molecule has 1 aromatic heterocycles. The number of fused-ring (bicyclic) bond motifs is 1. The SMILES string of the molecule is C[C@@H](O)[C@@H]1NC(=O)[C@H](CCCCN)NC(=O)C(Cc2c[nH]c3ccccc23)NC(=O)[C@H](Cc2ccccc2)NC(=O)C(NC(=O)[C@H](N)Cc2ccccc2)CSSCC(C(=O)N[C@H](CO)CCc2ccc(O)cc2)NC1=O. The Labute approximate surface area is 455 Å². The van der Waals surface area contributed by atoms with Crippen molar-refractivity contribution in [2.24, 2.45) is 11.5 Å². The van der Waals surface area contributed by atoms with Gasteiger partial charge in [-0.25, -0.2) is 0 Å². The van der Waals surface area contributed by atoms with E-state index in [1.54, 1.807) is 48.7 Å². The maximum Gasteiger partial charge on any atom is 0.245 e. The summed E-state index contributed by atoms with van der Waals surface area (Å²) in [5.41, 5.74) is 15.9. The van der Waals surface area contributed by atoms with Crippen LogP contribution in [-0.4, -0.2) is 141 Å². The molecule has 3 unspecified atom stereocenters. The van der Waals surface area contributed by atoms with Gasteiger partial charge >= 0.3 is 0 Å². The molecule has 1 fully saturated rings. The third-order valence-electron chi connectivity index (χ3n) is 13.0. The van der Waals surface area contributed by atoms with Crippen molar-refractivity contribution in [3.63, 3.8) is 0 Å². The number of aryl methyl sites for hydroxylation is 1. The maximum atomic E-state index is 14.8. The first-order chi connectivity index (χ1) is 37.1. The Morgan fingerprint density at radius 1 is 0.701 bits per heavy atom. The second-order valence-electron chi connectivity index (χ2n) is 19.0. The summed E-state index contributed by atoms with van der Waals surface area (Å²) >= 11 is 0. The summed E-state index contributed by atoms with van der Waals surface area (Å²) in [6.45, 7) is 1.08. The number of carbonyl (C=O) groups is 7. The fourth-order valence-corrected chi connectivity index (χ4v) is 11.0. The van der Waals surface area contributed by atoms with Crippen LogP contribution in [0.1, 0.15) is 54.9 Å². The van der Waals surface area contributed by atoms with Crippen molar-refractivity contribution in [1.29, 1.82) is 0 Å². The van der Waals surface area contributed by atoms with Gasteiger partial charge in [0, 0.05) is 41.4 Å². The molecule has 4 aromatic carbocycles. The lowest BCUT2D eigenvalue weighted by Crippen LogP contribution is -2.62. The van der Waals surface area contributed by atoms with Crippen molar-refractivity contribution in [2.75, 3.05) is 24.7 Å². The smallest absolute Gasteiger partial charge is 0.245 e. The van der Waals surface area contributed by atoms with Crippen molar-refractivity contribution in [1.82, 2.24) is 42.2 Å². The van der Waals surface area contributed by atoms with Gasteiger partial charge < -0.3 is 69.0 Å². The van der Waals surface area contributed by atoms with E-state index < -0.39 is 102 Å². The van der Waals surface area contributed by atoms with Gasteiger partial charge in [0.15, 0.2) is 0 Å². The van der Waals surface area contributed by atoms with E-state index in [4.69, 9.17) is 11.5 Å². The van der Waals surface area contributed by atoms with Crippen LogP contribution < -0.4 is 48.7 Å². The third-order valence-corrected chi connectivity index (χ3v) is 15.5. The number of rotatable bonds is 19. The number of carbonyl (C=O) groups excluding carboxylic acids is 7. The Bertz CT molecular complexity index is 2740. The summed E-state index contributed by atoms with van der Waals surface area (Å²) in [7, 11) is 2.13. The minimum absolute atomic E-state index is 0.0388. The molecule has 7 amide bonds. The average Bonchev–Trinajstić information content (AvgIpc) is 3.85. The number of amides is 7. The number of nitrogens with two attached hydrogens (primary N) is 2. The lowest BCUT2D eigenvalue weighted by atomic mass is 10.0. The van der Waals surface area contributed by atoms with Gasteiger partial charge in [0.05, 0.1) is 24.8 Å². The number of hydrogen-bond acceptors (Lipinski definition) is 14. The minimum Gasteiger partial charge on any atom is -0.508 e. The van der Waals surface area contributed by atoms with Gasteiger partial charge in [-0.15, -0.1) is 0 Å². The van der Waals surface area contributed by atoms with Gasteiger partial charge in [-0.3, -0.25) is 33.6 Å². The van der Waals surface area contributed by atoms with E-state index in [-0.39, 0.29) is 55.9 Å². The second-order valence-corrected chi connectivity index (χ2v) is 21.6. The molecule has 77 heavy (non-hydrogen) atoms. The topological polar surface area (TPSA) is 332 Å². The summed E-state index contributed by atoms with van der Waals surface area (Å²) < 4.78 is 0. The number of unbranched alkanes of at least 4 members (excludes halogenated alkanes) is 1. The lowest BCUT2D eigenvalue weighted by molar-refractivity contribution is -0.136. The van der Waals surface area contributed by atoms with Gasteiger partial charge in [0.25, 0.3) is 0 Å². The second kappa shape index (κ2) is 30.1. The van der Waals surface area contributed by atoms with Gasteiger partial charge in [-0.05, 0) is 92.4 Å². The number of aliphatic hydroxyl groups excluding tert-OH is 2. The average molecular weight is 1100 g/mol. The zero-order valence-corrected chi connectivity index (χ0v) is 44.5. The van der Waals surface area contributed by atoms with E-state index in [9.17, 15) is 48.9 Å². The number of aromatic amines is 1. The summed E-state index contributed by atoms with van der Waals surface area (Å²) in [5.74, 6) is -5.68. The largest absolute Gasteiger partial charge is 0.508 e. The number of hydrogen-bond donors (Lipinski definition) is 13. The number of aliphatic hydroxyl groups is 2. The van der Waals surface area contributed by atoms with Crippen LogP contribution in [0.25, 0.3) is 10.9 Å². The van der Waals surface area contributed by atoms with E-state index in [1.807, 2.05) is 54.6 Å². The fourth-order valence-electron chi connectivity index (χ4n) is 8.64. The predicted molar refractivity (Wildman–Crippen MR) is 297 cm³/mol. The van der Waals surface area contributed by atoms with Crippen LogP contribution in [0.3, 0.4) is 0 Å². The molecule has 15 N–H and O–H groups in total. The number of aromatic nitrogens is 1. The molecule has 9 atom stereocenters. The monoisotopic (exact) mass is 1090 g/mol. The van der Waals surface area contributed by atoms with E-state index >= 15 is 0 Å². The molecule has 0 aliphatic carbocycles. The highest BCUT2D eigenvalue weighted by Gasteiger charge is 2.36. The Kier molecular flexibility index (Phi) is 23.2. The molecule has 1 aliphatic heterocycles. The summed E-state index contributed by atoms with van der Waals surface area (Å²) in [6, 6.07) is 21.6. The highest BCUT2D eigenvalue weighted by molar-refractivity contribution is 8.76. The summed E-state index contributed by atoms with van der Waals surface area (Å²) in [5, 5.41) is 51.2. The highest BCUT2D eigenvalue weighted by Crippen LogP contribution is 2.25. The summed E-state index contributed by atoms with van der Waals surface area (Å²) in [6.07, 6.45) is 1.76. The van der Waals surface area contributed by atoms with Crippen molar-refractivity contribution < 1.29 is 48.9 Å². The summed E-state index contributed by atoms with van der Waals surface area (Å²) in [4.78, 5) is 104. The molecule has 2 heterocycles. The minimum atomic E-state index is -1.65. The molecule has 1 saturated heterocycles. The van der Waals surface area contributed by atoms with Gasteiger partial charge in [-0.1, -0.05) is 113 Å². The lowest BCUT2D eigenvalue weighted by Gasteiger charge is -2.29. The van der Waals surface area contributed by atoms with E-state index in [0.717, 1.165) is 43.6 Å². The molecule has 5 aromatic rings. The Hall–Kier alpha value is -6.95. The molecule has 22 heteroatoms. The number of nitrogens with one attached hydrogen (secondary N) is 8. The molecule has 20 nitrogen and oxygen atoms in total. The van der Waals surface area contributed by atoms with Crippen LogP contribution in [0.2, 0.25) is 0 Å². The molecule has 1 aliphatic rings. The molecular weight excluding hydrogens is 1020 g/mol. The van der Waals surface area contributed by atoms with Crippen molar-refractivity contribution >= 4 is 73.8 Å². The quantitative estimate of drug-likeness (QED) is 0.0408. The zero-order valence-electron chi connectivity index (χ0n) is 42.8. The van der Waals surface area contributed by atoms with Crippen LogP contribution >= 0.6 is 21.6 Å². The first-order valence-electron chi connectivity index (χ1n) is 25.6. The van der Waals surface area contributed by atoms with Crippen molar-refractivity contribution in [3.8, 4) is 5.75 Å². The Morgan fingerprint density at radius 2 is 1.31 bits per heavy atom. The number of phenolic OH excluding ortho intramolecular Hbond substituents is 1. The third kappa shape index (κ3) is 18.4. The number of para-hydroxylation sites is 1. The Morgan fingerprint density at radius 3 is 1.99 bits per heavy atom. The van der Waals surface area contributed by atoms with Gasteiger partial charge in [0.2, 0.25) is 41.4 Å². The van der Waals surface area contributed by atoms with Gasteiger partial charge in [0.1, 0.15) is 42.0 Å². The van der Waals surface area contributed by atoms with Crippen LogP contribution in [0.4, 0.5) is 0 Å². The molecule has 412 valence electrons. The highest BCUT2D eigenvalue weighted by atomic mass is 33.1. The van der Waals surface area contributed by atoms with Crippen LogP contribution in [0.15, 0.2) is 115 Å². The molecule has 0 spiro atoms. The normalized spacial score (nSPS) is 21.5. The van der Waals surface area contributed by atoms with E-state index in [0.29, 0.717) is 30.4 Å². The number of H-pyrrole nitrogens is 1. The van der Waals surface area contributed by atoms with E-state index in [2.05, 4.69) is 42.2 Å². The number of benzene rings is 4. The maximum absolute atomic E-state index is 14.8. The first kappa shape index (κ1) is 59.3. The fraction of sp³-hybridized carbons (Fsp3) is 0.400. The van der Waals surface area contributed by atoms with E-state index in [1.165, 1.54) is 19.1 Å².